The van der Waals surface area contributed by atoms with Crippen LogP contribution in [0.2, 0.25) is 0 Å². The molecule has 2 aromatic rings. The number of aromatic nitrogens is 4. The van der Waals surface area contributed by atoms with Crippen molar-refractivity contribution in [3.05, 3.63) is 69.4 Å². The minimum absolute atomic E-state index is 0.320. The highest BCUT2D eigenvalue weighted by atomic mass is 16.2. The topological polar surface area (TPSA) is 69.8 Å². The Bertz CT molecular complexity index is 1190. The van der Waals surface area contributed by atoms with Gasteiger partial charge in [-0.2, -0.15) is 10.1 Å². The van der Waals surface area contributed by atoms with Gasteiger partial charge >= 0.3 is 5.69 Å². The lowest BCUT2D eigenvalue weighted by Crippen LogP contribution is -2.36. The molecule has 0 N–H and O–H groups in total. The maximum Gasteiger partial charge on any atom is 0.352 e. The maximum atomic E-state index is 12.5. The quantitative estimate of drug-likeness (QED) is 0.565. The first kappa shape index (κ1) is 15.3. The molecule has 0 amide bonds. The lowest BCUT2D eigenvalue weighted by atomic mass is 10.0. The predicted molar refractivity (Wildman–Crippen MR) is 96.8 cm³/mol. The standard InChI is InChI=1S/C19H16N4O2/c1-3-23-17-15(18(24)22(2)19(25)20-17)11-16(21-23)14-9-8-12-6-4-5-7-13(12)10-14/h4-11H,3H2,1-2H3. The van der Waals surface area contributed by atoms with Gasteiger partial charge in [0, 0.05) is 19.2 Å². The monoisotopic (exact) mass is 332 g/mol. The zero-order valence-electron chi connectivity index (χ0n) is 13.9. The Morgan fingerprint density at radius 3 is 2.52 bits per heavy atom. The van der Waals surface area contributed by atoms with Crippen molar-refractivity contribution in [2.45, 2.75) is 13.5 Å². The van der Waals surface area contributed by atoms with Crippen LogP contribution in [0.1, 0.15) is 6.92 Å². The zero-order valence-corrected chi connectivity index (χ0v) is 13.9. The third-order valence-corrected chi connectivity index (χ3v) is 4.36. The Morgan fingerprint density at radius 2 is 1.76 bits per heavy atom. The molecule has 25 heavy (non-hydrogen) atoms. The van der Waals surface area contributed by atoms with Gasteiger partial charge in [-0.25, -0.2) is 9.48 Å². The molecule has 0 bridgehead atoms. The van der Waals surface area contributed by atoms with Crippen molar-refractivity contribution in [3.8, 4) is 22.6 Å². The van der Waals surface area contributed by atoms with Crippen LogP contribution in [0.15, 0.2) is 58.1 Å². The largest absolute Gasteiger partial charge is 0.352 e. The third kappa shape index (κ3) is 2.42. The summed E-state index contributed by atoms with van der Waals surface area (Å²) >= 11 is 0. The van der Waals surface area contributed by atoms with Crippen molar-refractivity contribution in [2.24, 2.45) is 7.05 Å². The molecule has 0 spiro atoms. The number of hydrogen-bond donors (Lipinski definition) is 0. The van der Waals surface area contributed by atoms with Gasteiger partial charge in [-0.15, -0.1) is 0 Å². The number of benzene rings is 2. The van der Waals surface area contributed by atoms with Crippen LogP contribution in [0.3, 0.4) is 0 Å². The molecule has 0 aliphatic carbocycles. The number of nitrogens with zero attached hydrogens (tertiary/aromatic N) is 4. The molecule has 2 aliphatic heterocycles. The van der Waals surface area contributed by atoms with E-state index in [4.69, 9.17) is 0 Å². The predicted octanol–water partition coefficient (Wildman–Crippen LogP) is 2.28. The summed E-state index contributed by atoms with van der Waals surface area (Å²) in [6, 6.07) is 15.8. The molecule has 0 atom stereocenters. The first-order valence-electron chi connectivity index (χ1n) is 8.06. The summed E-state index contributed by atoms with van der Waals surface area (Å²) in [6.45, 7) is 2.41. The Hall–Kier alpha value is -3.28. The van der Waals surface area contributed by atoms with Gasteiger partial charge in [-0.05, 0) is 29.8 Å². The van der Waals surface area contributed by atoms with Gasteiger partial charge in [0.05, 0.1) is 11.3 Å². The molecule has 0 fully saturated rings. The van der Waals surface area contributed by atoms with E-state index in [0.29, 0.717) is 23.6 Å². The number of hydrogen-bond acceptors (Lipinski definition) is 4. The van der Waals surface area contributed by atoms with E-state index >= 15 is 0 Å². The van der Waals surface area contributed by atoms with E-state index in [2.05, 4.69) is 16.1 Å². The second kappa shape index (κ2) is 5.66. The first-order valence-corrected chi connectivity index (χ1v) is 8.06. The molecule has 2 heterocycles. The Labute approximate surface area is 143 Å². The summed E-state index contributed by atoms with van der Waals surface area (Å²) in [5.74, 6) is 0.320. The molecule has 0 saturated heterocycles. The van der Waals surface area contributed by atoms with E-state index in [0.717, 1.165) is 20.9 Å². The van der Waals surface area contributed by atoms with Crippen LogP contribution in [0.4, 0.5) is 0 Å². The fourth-order valence-electron chi connectivity index (χ4n) is 2.97. The molecular weight excluding hydrogens is 316 g/mol. The molecule has 6 heteroatoms. The number of fused-ring (bicyclic) bond motifs is 2. The van der Waals surface area contributed by atoms with E-state index < -0.39 is 5.69 Å². The summed E-state index contributed by atoms with van der Waals surface area (Å²) in [5, 5.41) is 6.82. The molecule has 4 rings (SSSR count). The van der Waals surface area contributed by atoms with E-state index in [-0.39, 0.29) is 5.56 Å². The van der Waals surface area contributed by atoms with Crippen LogP contribution in [-0.2, 0) is 13.6 Å². The van der Waals surface area contributed by atoms with E-state index in [9.17, 15) is 9.59 Å². The van der Waals surface area contributed by atoms with Crippen LogP contribution in [-0.4, -0.2) is 19.3 Å². The molecule has 2 aliphatic rings. The van der Waals surface area contributed by atoms with Crippen LogP contribution < -0.4 is 11.2 Å². The van der Waals surface area contributed by atoms with Gasteiger partial charge in [-0.3, -0.25) is 9.36 Å². The van der Waals surface area contributed by atoms with E-state index in [1.54, 1.807) is 10.7 Å². The van der Waals surface area contributed by atoms with E-state index in [1.165, 1.54) is 7.05 Å². The highest BCUT2D eigenvalue weighted by molar-refractivity contribution is 5.87. The highest BCUT2D eigenvalue weighted by Gasteiger charge is 2.18. The Balaban J connectivity index is 2.03. The highest BCUT2D eigenvalue weighted by Crippen LogP contribution is 2.25. The third-order valence-electron chi connectivity index (χ3n) is 4.36. The minimum Gasteiger partial charge on any atom is -0.268 e. The van der Waals surface area contributed by atoms with Gasteiger partial charge in [0.25, 0.3) is 5.56 Å². The van der Waals surface area contributed by atoms with Crippen molar-refractivity contribution in [1.82, 2.24) is 19.3 Å². The van der Waals surface area contributed by atoms with Crippen LogP contribution >= 0.6 is 0 Å². The molecule has 2 aromatic carbocycles. The fraction of sp³-hybridized carbons (Fsp3) is 0.158. The first-order chi connectivity index (χ1) is 12.1. The molecule has 0 unspecified atom stereocenters. The van der Waals surface area contributed by atoms with Gasteiger partial charge in [0.15, 0.2) is 5.82 Å². The van der Waals surface area contributed by atoms with Crippen molar-refractivity contribution in [1.29, 1.82) is 0 Å². The van der Waals surface area contributed by atoms with Gasteiger partial charge in [-0.1, -0.05) is 36.4 Å². The number of rotatable bonds is 2. The van der Waals surface area contributed by atoms with Crippen molar-refractivity contribution < 1.29 is 0 Å². The Kier molecular flexibility index (Phi) is 3.46. The van der Waals surface area contributed by atoms with Crippen molar-refractivity contribution in [3.63, 3.8) is 0 Å². The lowest BCUT2D eigenvalue weighted by Gasteiger charge is -2.14. The van der Waals surface area contributed by atoms with Crippen LogP contribution in [0.25, 0.3) is 33.4 Å². The average Bonchev–Trinajstić information content (AvgIpc) is 2.65. The molecule has 124 valence electrons. The maximum absolute atomic E-state index is 12.5. The van der Waals surface area contributed by atoms with Gasteiger partial charge in [0.1, 0.15) is 0 Å². The number of aryl methyl sites for hydroxylation is 1. The smallest absolute Gasteiger partial charge is 0.268 e. The lowest BCUT2D eigenvalue weighted by molar-refractivity contribution is 0.625. The van der Waals surface area contributed by atoms with Crippen LogP contribution in [0, 0.1) is 0 Å². The average molecular weight is 332 g/mol. The normalized spacial score (nSPS) is 11.3. The van der Waals surface area contributed by atoms with Crippen LogP contribution in [0.5, 0.6) is 0 Å². The molecule has 6 nitrogen and oxygen atoms in total. The zero-order chi connectivity index (χ0) is 17.6. The summed E-state index contributed by atoms with van der Waals surface area (Å²) in [4.78, 5) is 28.3. The second-order valence-corrected chi connectivity index (χ2v) is 5.90. The van der Waals surface area contributed by atoms with Gasteiger partial charge < -0.3 is 0 Å². The Morgan fingerprint density at radius 1 is 1.00 bits per heavy atom. The summed E-state index contributed by atoms with van der Waals surface area (Å²) in [7, 11) is 1.43. The summed E-state index contributed by atoms with van der Waals surface area (Å²) in [6.07, 6.45) is 0. The van der Waals surface area contributed by atoms with Crippen molar-refractivity contribution >= 4 is 10.8 Å². The molecule has 0 saturated carbocycles. The van der Waals surface area contributed by atoms with Gasteiger partial charge in [0.2, 0.25) is 0 Å². The second-order valence-electron chi connectivity index (χ2n) is 5.90. The fourth-order valence-corrected chi connectivity index (χ4v) is 2.97. The molecule has 0 aromatic heterocycles. The minimum atomic E-state index is -0.569. The van der Waals surface area contributed by atoms with Crippen molar-refractivity contribution in [2.75, 3.05) is 0 Å². The van der Waals surface area contributed by atoms with E-state index in [1.807, 2.05) is 43.3 Å². The summed E-state index contributed by atoms with van der Waals surface area (Å²) in [5.41, 5.74) is 1.05. The molecule has 0 radical (unpaired) electrons. The molecular formula is C19H16N4O2. The summed E-state index contributed by atoms with van der Waals surface area (Å²) < 4.78 is 2.62. The SMILES string of the molecule is CCn1nc(-c2ccc3ccccc3c2)cc2c(=O)n(C)c(=O)nc1-2.